The summed E-state index contributed by atoms with van der Waals surface area (Å²) < 4.78 is 22.6. The Morgan fingerprint density at radius 1 is 1.00 bits per heavy atom. The van der Waals surface area contributed by atoms with Crippen molar-refractivity contribution in [3.05, 3.63) is 65.2 Å². The topological polar surface area (TPSA) is 117 Å². The summed E-state index contributed by atoms with van der Waals surface area (Å²) in [6.07, 6.45) is 1.46. The Hall–Kier alpha value is -2.91. The normalized spacial score (nSPS) is 11.8. The lowest BCUT2D eigenvalue weighted by Crippen LogP contribution is -2.39. The summed E-state index contributed by atoms with van der Waals surface area (Å²) in [6, 6.07) is 14.1. The van der Waals surface area contributed by atoms with Gasteiger partial charge in [-0.05, 0) is 48.2 Å². The molecule has 2 rings (SSSR count). The van der Waals surface area contributed by atoms with Gasteiger partial charge in [0.2, 0.25) is 10.0 Å². The number of primary sulfonamides is 1. The number of carbonyl (C=O) groups is 1. The molecule has 0 aliphatic carbocycles. The molecule has 0 aromatic heterocycles. The molecule has 0 spiro atoms. The lowest BCUT2D eigenvalue weighted by atomic mass is 10.1. The lowest BCUT2D eigenvalue weighted by Gasteiger charge is -2.13. The van der Waals surface area contributed by atoms with Crippen LogP contribution in [0.2, 0.25) is 0 Å². The summed E-state index contributed by atoms with van der Waals surface area (Å²) in [5.41, 5.74) is 2.74. The highest BCUT2D eigenvalue weighted by Gasteiger charge is 2.09. The molecule has 9 heteroatoms. The number of carbonyl (C=O) groups excluding carboxylic acids is 1. The molecule has 0 fully saturated rings. The van der Waals surface area contributed by atoms with Crippen LogP contribution >= 0.6 is 0 Å². The third-order valence-corrected chi connectivity index (χ3v) is 5.40. The van der Waals surface area contributed by atoms with Gasteiger partial charge in [-0.1, -0.05) is 24.3 Å². The smallest absolute Gasteiger partial charge is 0.253 e. The van der Waals surface area contributed by atoms with Crippen molar-refractivity contribution in [1.29, 1.82) is 0 Å². The van der Waals surface area contributed by atoms with Crippen molar-refractivity contribution in [2.75, 3.05) is 34.2 Å². The largest absolute Gasteiger partial charge is 0.356 e. The highest BCUT2D eigenvalue weighted by molar-refractivity contribution is 7.89. The van der Waals surface area contributed by atoms with Gasteiger partial charge in [-0.15, -0.1) is 0 Å². The Morgan fingerprint density at radius 3 is 2.13 bits per heavy atom. The number of hydrogen-bond donors (Lipinski definition) is 3. The fourth-order valence-electron chi connectivity index (χ4n) is 2.83. The van der Waals surface area contributed by atoms with Crippen molar-refractivity contribution in [1.82, 2.24) is 15.5 Å². The number of nitrogens with zero attached hydrogens (tertiary/aromatic N) is 2. The second kappa shape index (κ2) is 10.7. The van der Waals surface area contributed by atoms with Gasteiger partial charge < -0.3 is 15.5 Å². The van der Waals surface area contributed by atoms with Gasteiger partial charge in [0.05, 0.1) is 4.90 Å². The third-order valence-electron chi connectivity index (χ3n) is 4.47. The van der Waals surface area contributed by atoms with E-state index in [1.807, 2.05) is 24.3 Å². The molecule has 0 aliphatic rings. The van der Waals surface area contributed by atoms with Crippen LogP contribution in [0.1, 0.15) is 21.5 Å². The van der Waals surface area contributed by atoms with Gasteiger partial charge in [-0.25, -0.2) is 13.6 Å². The zero-order chi connectivity index (χ0) is 22.1. The number of aliphatic imine (C=N–C) groups is 1. The minimum Gasteiger partial charge on any atom is -0.356 e. The van der Waals surface area contributed by atoms with Gasteiger partial charge in [-0.2, -0.15) is 0 Å². The summed E-state index contributed by atoms with van der Waals surface area (Å²) in [5, 5.41) is 11.6. The van der Waals surface area contributed by atoms with Gasteiger partial charge in [-0.3, -0.25) is 9.79 Å². The maximum Gasteiger partial charge on any atom is 0.253 e. The second-order valence-corrected chi connectivity index (χ2v) is 8.58. The van der Waals surface area contributed by atoms with Crippen molar-refractivity contribution >= 4 is 21.9 Å². The molecule has 0 unspecified atom stereocenters. The van der Waals surface area contributed by atoms with Gasteiger partial charge >= 0.3 is 0 Å². The van der Waals surface area contributed by atoms with Crippen molar-refractivity contribution < 1.29 is 13.2 Å². The lowest BCUT2D eigenvalue weighted by molar-refractivity contribution is 0.0827. The summed E-state index contributed by atoms with van der Waals surface area (Å²) in [4.78, 5) is 17.9. The zero-order valence-electron chi connectivity index (χ0n) is 17.6. The number of benzene rings is 2. The maximum absolute atomic E-state index is 12.1. The summed E-state index contributed by atoms with van der Waals surface area (Å²) >= 11 is 0. The molecule has 4 N–H and O–H groups in total. The Labute approximate surface area is 178 Å². The summed E-state index contributed by atoms with van der Waals surface area (Å²) in [6.45, 7) is 1.31. The van der Waals surface area contributed by atoms with Gasteiger partial charge in [0.1, 0.15) is 0 Å². The molecule has 2 aromatic carbocycles. The van der Waals surface area contributed by atoms with Crippen LogP contribution in [-0.2, 0) is 22.9 Å². The molecule has 0 saturated heterocycles. The summed E-state index contributed by atoms with van der Waals surface area (Å²) in [7, 11) is 1.51. The molecule has 2 aromatic rings. The second-order valence-electron chi connectivity index (χ2n) is 7.01. The van der Waals surface area contributed by atoms with Crippen LogP contribution in [0.4, 0.5) is 0 Å². The van der Waals surface area contributed by atoms with E-state index in [2.05, 4.69) is 15.6 Å². The molecule has 0 radical (unpaired) electrons. The first-order chi connectivity index (χ1) is 14.2. The molecule has 1 amide bonds. The number of sulfonamides is 1. The molecule has 30 heavy (non-hydrogen) atoms. The molecule has 162 valence electrons. The predicted molar refractivity (Wildman–Crippen MR) is 119 cm³/mol. The molecule has 0 aliphatic heterocycles. The number of amides is 1. The van der Waals surface area contributed by atoms with Crippen molar-refractivity contribution in [2.45, 2.75) is 17.7 Å². The fourth-order valence-corrected chi connectivity index (χ4v) is 3.35. The van der Waals surface area contributed by atoms with E-state index in [0.29, 0.717) is 31.0 Å². The van der Waals surface area contributed by atoms with Crippen molar-refractivity contribution in [2.24, 2.45) is 10.1 Å². The number of rotatable bonds is 8. The van der Waals surface area contributed by atoms with Gasteiger partial charge in [0.25, 0.3) is 5.91 Å². The van der Waals surface area contributed by atoms with Crippen molar-refractivity contribution in [3.63, 3.8) is 0 Å². The van der Waals surface area contributed by atoms with Gasteiger partial charge in [0.15, 0.2) is 5.96 Å². The van der Waals surface area contributed by atoms with Crippen LogP contribution in [-0.4, -0.2) is 59.4 Å². The Kier molecular flexibility index (Phi) is 8.37. The molecular weight excluding hydrogens is 402 g/mol. The van der Waals surface area contributed by atoms with E-state index in [-0.39, 0.29) is 10.8 Å². The van der Waals surface area contributed by atoms with Crippen LogP contribution in [0.25, 0.3) is 0 Å². The Bertz CT molecular complexity index is 986. The monoisotopic (exact) mass is 431 g/mol. The highest BCUT2D eigenvalue weighted by atomic mass is 32.2. The highest BCUT2D eigenvalue weighted by Crippen LogP contribution is 2.09. The average molecular weight is 432 g/mol. The predicted octanol–water partition coefficient (Wildman–Crippen LogP) is 0.986. The van der Waals surface area contributed by atoms with E-state index in [1.54, 1.807) is 38.2 Å². The number of hydrogen-bond acceptors (Lipinski definition) is 4. The third kappa shape index (κ3) is 7.16. The Morgan fingerprint density at radius 2 is 1.60 bits per heavy atom. The fraction of sp³-hybridized carbons (Fsp3) is 0.333. The van der Waals surface area contributed by atoms with Crippen LogP contribution in [0.5, 0.6) is 0 Å². The number of nitrogens with one attached hydrogen (secondary N) is 2. The first kappa shape index (κ1) is 23.4. The molecule has 0 heterocycles. The SMILES string of the molecule is CN=C(NCCc1ccc(S(N)(=O)=O)cc1)NCCc1cccc(C(=O)N(C)C)c1. The Balaban J connectivity index is 1.79. The number of guanidine groups is 1. The van der Waals surface area contributed by atoms with E-state index in [1.165, 1.54) is 12.1 Å². The molecule has 0 atom stereocenters. The van der Waals surface area contributed by atoms with Crippen molar-refractivity contribution in [3.8, 4) is 0 Å². The van der Waals surface area contributed by atoms with Crippen LogP contribution in [0.3, 0.4) is 0 Å². The molecule has 8 nitrogen and oxygen atoms in total. The minimum atomic E-state index is -3.67. The summed E-state index contributed by atoms with van der Waals surface area (Å²) in [5.74, 6) is 0.663. The average Bonchev–Trinajstić information content (AvgIpc) is 2.72. The van der Waals surface area contributed by atoms with E-state index in [4.69, 9.17) is 5.14 Å². The van der Waals surface area contributed by atoms with E-state index >= 15 is 0 Å². The maximum atomic E-state index is 12.1. The molecule has 0 saturated carbocycles. The quantitative estimate of drug-likeness (QED) is 0.426. The van der Waals surface area contributed by atoms with E-state index < -0.39 is 10.0 Å². The van der Waals surface area contributed by atoms with E-state index in [0.717, 1.165) is 17.5 Å². The number of nitrogens with two attached hydrogens (primary N) is 1. The van der Waals surface area contributed by atoms with Crippen LogP contribution in [0.15, 0.2) is 58.4 Å². The standard InChI is InChI=1S/C21H29N5O3S/c1-23-21(24-13-11-16-7-9-19(10-8-16)30(22,28)29)25-14-12-17-5-4-6-18(15-17)20(27)26(2)3/h4-10,15H,11-14H2,1-3H3,(H2,22,28,29)(H2,23,24,25). The molecular formula is C21H29N5O3S. The van der Waals surface area contributed by atoms with E-state index in [9.17, 15) is 13.2 Å². The first-order valence-corrected chi connectivity index (χ1v) is 11.1. The first-order valence-electron chi connectivity index (χ1n) is 9.57. The minimum absolute atomic E-state index is 0.0145. The van der Waals surface area contributed by atoms with Crippen LogP contribution in [0, 0.1) is 0 Å². The van der Waals surface area contributed by atoms with Gasteiger partial charge in [0, 0.05) is 39.8 Å². The van der Waals surface area contributed by atoms with Crippen LogP contribution < -0.4 is 15.8 Å². The zero-order valence-corrected chi connectivity index (χ0v) is 18.4. The molecule has 0 bridgehead atoms.